The summed E-state index contributed by atoms with van der Waals surface area (Å²) >= 11 is 3.31. The summed E-state index contributed by atoms with van der Waals surface area (Å²) in [5, 5.41) is 0. The second-order valence-electron chi connectivity index (χ2n) is 5.12. The van der Waals surface area contributed by atoms with Crippen LogP contribution in [-0.4, -0.2) is 25.0 Å². The Morgan fingerprint density at radius 1 is 0.920 bits per heavy atom. The second-order valence-corrected chi connectivity index (χ2v) is 6.03. The average Bonchev–Trinajstić information content (AvgIpc) is 2.64. The molecule has 0 saturated carbocycles. The molecule has 0 bridgehead atoms. The zero-order valence-corrected chi connectivity index (χ0v) is 15.3. The fourth-order valence-electron chi connectivity index (χ4n) is 1.84. The third kappa shape index (κ3) is 6.46. The quantitative estimate of drug-likeness (QED) is 0.692. The number of nitrogens with one attached hydrogen (secondary N) is 2. The first-order chi connectivity index (χ1) is 12.1. The Bertz CT molecular complexity index is 702. The molecule has 2 N–H and O–H groups in total. The van der Waals surface area contributed by atoms with Crippen LogP contribution in [0, 0.1) is 0 Å². The van der Waals surface area contributed by atoms with Gasteiger partial charge in [-0.3, -0.25) is 20.4 Å². The van der Waals surface area contributed by atoms with Crippen molar-refractivity contribution >= 4 is 27.7 Å². The summed E-state index contributed by atoms with van der Waals surface area (Å²) in [6, 6.07) is 13.8. The predicted octanol–water partition coefficient (Wildman–Crippen LogP) is 3.08. The molecule has 0 aliphatic carbocycles. The van der Waals surface area contributed by atoms with E-state index in [1.807, 2.05) is 19.1 Å². The summed E-state index contributed by atoms with van der Waals surface area (Å²) in [6.45, 7) is 2.44. The third-order valence-corrected chi connectivity index (χ3v) is 3.62. The highest BCUT2D eigenvalue weighted by Crippen LogP contribution is 2.16. The van der Waals surface area contributed by atoms with Gasteiger partial charge in [0, 0.05) is 10.0 Å². The number of benzene rings is 2. The number of ether oxygens (including phenoxy) is 2. The summed E-state index contributed by atoms with van der Waals surface area (Å²) in [7, 11) is 0. The molecular weight excluding hydrogens is 388 g/mol. The van der Waals surface area contributed by atoms with Crippen molar-refractivity contribution in [1.29, 1.82) is 0 Å². The van der Waals surface area contributed by atoms with E-state index >= 15 is 0 Å². The zero-order valence-electron chi connectivity index (χ0n) is 13.8. The van der Waals surface area contributed by atoms with Crippen LogP contribution in [0.1, 0.15) is 23.7 Å². The van der Waals surface area contributed by atoms with Crippen molar-refractivity contribution in [1.82, 2.24) is 10.9 Å². The SMILES string of the molecule is CCCOc1ccc(C(=O)NNC(=O)COc2ccc(Br)cc2)cc1. The minimum absolute atomic E-state index is 0.203. The summed E-state index contributed by atoms with van der Waals surface area (Å²) in [6.07, 6.45) is 0.913. The van der Waals surface area contributed by atoms with Gasteiger partial charge in [0.2, 0.25) is 0 Å². The van der Waals surface area contributed by atoms with Crippen molar-refractivity contribution in [3.05, 3.63) is 58.6 Å². The molecule has 2 amide bonds. The van der Waals surface area contributed by atoms with Crippen molar-refractivity contribution < 1.29 is 19.1 Å². The molecular formula is C18H19BrN2O4. The molecule has 6 nitrogen and oxygen atoms in total. The van der Waals surface area contributed by atoms with Crippen LogP contribution < -0.4 is 20.3 Å². The molecule has 0 radical (unpaired) electrons. The summed E-state index contributed by atoms with van der Waals surface area (Å²) < 4.78 is 11.7. The lowest BCUT2D eigenvalue weighted by atomic mass is 10.2. The van der Waals surface area contributed by atoms with Crippen molar-refractivity contribution in [3.8, 4) is 11.5 Å². The van der Waals surface area contributed by atoms with E-state index < -0.39 is 11.8 Å². The molecule has 0 aliphatic heterocycles. The Morgan fingerprint density at radius 3 is 2.16 bits per heavy atom. The van der Waals surface area contributed by atoms with E-state index in [1.165, 1.54) is 0 Å². The lowest BCUT2D eigenvalue weighted by Gasteiger charge is -2.09. The van der Waals surface area contributed by atoms with E-state index in [1.54, 1.807) is 36.4 Å². The summed E-state index contributed by atoms with van der Waals surface area (Å²) in [5.74, 6) is 0.385. The van der Waals surface area contributed by atoms with Crippen LogP contribution in [0.4, 0.5) is 0 Å². The monoisotopic (exact) mass is 406 g/mol. The largest absolute Gasteiger partial charge is 0.494 e. The van der Waals surface area contributed by atoms with Crippen molar-refractivity contribution in [2.24, 2.45) is 0 Å². The van der Waals surface area contributed by atoms with Gasteiger partial charge < -0.3 is 9.47 Å². The van der Waals surface area contributed by atoms with Gasteiger partial charge in [0.1, 0.15) is 11.5 Å². The van der Waals surface area contributed by atoms with E-state index in [4.69, 9.17) is 9.47 Å². The minimum atomic E-state index is -0.459. The first-order valence-electron chi connectivity index (χ1n) is 7.79. The summed E-state index contributed by atoms with van der Waals surface area (Å²) in [4.78, 5) is 23.7. The average molecular weight is 407 g/mol. The fraction of sp³-hybridized carbons (Fsp3) is 0.222. The van der Waals surface area contributed by atoms with Gasteiger partial charge in [0.25, 0.3) is 11.8 Å². The van der Waals surface area contributed by atoms with Crippen LogP contribution in [0.2, 0.25) is 0 Å². The predicted molar refractivity (Wildman–Crippen MR) is 97.5 cm³/mol. The second kappa shape index (κ2) is 9.68. The van der Waals surface area contributed by atoms with Gasteiger partial charge in [-0.1, -0.05) is 22.9 Å². The molecule has 0 fully saturated rings. The number of carbonyl (C=O) groups excluding carboxylic acids is 2. The molecule has 2 aromatic rings. The first-order valence-corrected chi connectivity index (χ1v) is 8.58. The normalized spacial score (nSPS) is 10.0. The molecule has 0 aromatic heterocycles. The van der Waals surface area contributed by atoms with Crippen molar-refractivity contribution in [2.75, 3.05) is 13.2 Å². The van der Waals surface area contributed by atoms with Gasteiger partial charge in [-0.25, -0.2) is 0 Å². The molecule has 2 rings (SSSR count). The Labute approximate surface area is 154 Å². The first kappa shape index (κ1) is 18.8. The van der Waals surface area contributed by atoms with E-state index in [0.29, 0.717) is 23.7 Å². The Balaban J connectivity index is 1.74. The highest BCUT2D eigenvalue weighted by atomic mass is 79.9. The van der Waals surface area contributed by atoms with Gasteiger partial charge in [-0.2, -0.15) is 0 Å². The number of hydrogen-bond donors (Lipinski definition) is 2. The molecule has 0 aliphatic rings. The topological polar surface area (TPSA) is 76.7 Å². The maximum absolute atomic E-state index is 12.0. The lowest BCUT2D eigenvalue weighted by molar-refractivity contribution is -0.123. The number of halogens is 1. The molecule has 0 atom stereocenters. The molecule has 7 heteroatoms. The smallest absolute Gasteiger partial charge is 0.276 e. The number of hydrazine groups is 1. The zero-order chi connectivity index (χ0) is 18.1. The summed E-state index contributed by atoms with van der Waals surface area (Å²) in [5.41, 5.74) is 5.06. The van der Waals surface area contributed by atoms with Gasteiger partial charge >= 0.3 is 0 Å². The Hall–Kier alpha value is -2.54. The van der Waals surface area contributed by atoms with Crippen molar-refractivity contribution in [3.63, 3.8) is 0 Å². The van der Waals surface area contributed by atoms with Crippen LogP contribution in [0.25, 0.3) is 0 Å². The minimum Gasteiger partial charge on any atom is -0.494 e. The van der Waals surface area contributed by atoms with E-state index in [0.717, 1.165) is 10.9 Å². The number of rotatable bonds is 7. The fourth-order valence-corrected chi connectivity index (χ4v) is 2.10. The van der Waals surface area contributed by atoms with E-state index in [2.05, 4.69) is 26.8 Å². The van der Waals surface area contributed by atoms with Gasteiger partial charge in [0.15, 0.2) is 6.61 Å². The Kier molecular flexibility index (Phi) is 7.28. The lowest BCUT2D eigenvalue weighted by Crippen LogP contribution is -2.43. The van der Waals surface area contributed by atoms with Gasteiger partial charge in [-0.05, 0) is 55.0 Å². The van der Waals surface area contributed by atoms with Gasteiger partial charge in [0.05, 0.1) is 6.61 Å². The van der Waals surface area contributed by atoms with E-state index in [9.17, 15) is 9.59 Å². The molecule has 132 valence electrons. The molecule has 25 heavy (non-hydrogen) atoms. The highest BCUT2D eigenvalue weighted by Gasteiger charge is 2.08. The molecule has 0 spiro atoms. The highest BCUT2D eigenvalue weighted by molar-refractivity contribution is 9.10. The number of carbonyl (C=O) groups is 2. The van der Waals surface area contributed by atoms with E-state index in [-0.39, 0.29) is 6.61 Å². The molecule has 0 heterocycles. The van der Waals surface area contributed by atoms with Crippen LogP contribution >= 0.6 is 15.9 Å². The maximum atomic E-state index is 12.0. The van der Waals surface area contributed by atoms with Crippen LogP contribution in [-0.2, 0) is 4.79 Å². The molecule has 0 unspecified atom stereocenters. The van der Waals surface area contributed by atoms with Crippen LogP contribution in [0.3, 0.4) is 0 Å². The maximum Gasteiger partial charge on any atom is 0.276 e. The third-order valence-electron chi connectivity index (χ3n) is 3.09. The molecule has 2 aromatic carbocycles. The van der Waals surface area contributed by atoms with Gasteiger partial charge in [-0.15, -0.1) is 0 Å². The number of amides is 2. The molecule has 0 saturated heterocycles. The van der Waals surface area contributed by atoms with Crippen LogP contribution in [0.15, 0.2) is 53.0 Å². The number of hydrogen-bond acceptors (Lipinski definition) is 4. The standard InChI is InChI=1S/C18H19BrN2O4/c1-2-11-24-15-7-3-13(4-8-15)18(23)21-20-17(22)12-25-16-9-5-14(19)6-10-16/h3-10H,2,11-12H2,1H3,(H,20,22)(H,21,23). The van der Waals surface area contributed by atoms with Crippen molar-refractivity contribution in [2.45, 2.75) is 13.3 Å². The van der Waals surface area contributed by atoms with Crippen LogP contribution in [0.5, 0.6) is 11.5 Å². The Morgan fingerprint density at radius 2 is 1.52 bits per heavy atom.